The Morgan fingerprint density at radius 3 is 2.12 bits per heavy atom. The number of hydrogen-bond acceptors (Lipinski definition) is 4. The van der Waals surface area contributed by atoms with Gasteiger partial charge in [0.25, 0.3) is 11.8 Å². The second kappa shape index (κ2) is 9.82. The zero-order chi connectivity index (χ0) is 18.9. The van der Waals surface area contributed by atoms with Crippen molar-refractivity contribution in [3.05, 3.63) is 58.6 Å². The van der Waals surface area contributed by atoms with E-state index in [2.05, 4.69) is 26.8 Å². The fourth-order valence-corrected chi connectivity index (χ4v) is 2.39. The van der Waals surface area contributed by atoms with Gasteiger partial charge in [-0.1, -0.05) is 48.0 Å². The van der Waals surface area contributed by atoms with Crippen molar-refractivity contribution < 1.29 is 19.1 Å². The number of rotatable bonds is 7. The summed E-state index contributed by atoms with van der Waals surface area (Å²) in [4.78, 5) is 23.5. The van der Waals surface area contributed by atoms with Crippen molar-refractivity contribution >= 4 is 27.7 Å². The van der Waals surface area contributed by atoms with Crippen molar-refractivity contribution in [1.82, 2.24) is 10.9 Å². The van der Waals surface area contributed by atoms with E-state index in [4.69, 9.17) is 9.47 Å². The normalized spacial score (nSPS) is 10.3. The van der Waals surface area contributed by atoms with Crippen LogP contribution in [-0.4, -0.2) is 25.0 Å². The van der Waals surface area contributed by atoms with Crippen LogP contribution in [0.25, 0.3) is 0 Å². The molecule has 0 saturated heterocycles. The Labute approximate surface area is 161 Å². The topological polar surface area (TPSA) is 76.7 Å². The molecule has 0 aliphatic heterocycles. The van der Waals surface area contributed by atoms with E-state index in [1.165, 1.54) is 0 Å². The van der Waals surface area contributed by atoms with Gasteiger partial charge < -0.3 is 9.47 Å². The Kier molecular flexibility index (Phi) is 7.47. The van der Waals surface area contributed by atoms with Gasteiger partial charge in [0.15, 0.2) is 13.2 Å². The molecule has 2 aromatic rings. The first-order chi connectivity index (χ1) is 12.5. The van der Waals surface area contributed by atoms with Crippen LogP contribution >= 0.6 is 15.9 Å². The summed E-state index contributed by atoms with van der Waals surface area (Å²) in [6.45, 7) is 3.69. The van der Waals surface area contributed by atoms with E-state index < -0.39 is 11.8 Å². The number of amides is 2. The van der Waals surface area contributed by atoms with Crippen LogP contribution in [0.3, 0.4) is 0 Å². The Morgan fingerprint density at radius 1 is 0.923 bits per heavy atom. The Bertz CT molecular complexity index is 747. The zero-order valence-corrected chi connectivity index (χ0v) is 16.2. The number of hydrogen-bond donors (Lipinski definition) is 2. The van der Waals surface area contributed by atoms with Gasteiger partial charge in [-0.2, -0.15) is 0 Å². The van der Waals surface area contributed by atoms with Crippen LogP contribution in [-0.2, 0) is 9.59 Å². The monoisotopic (exact) mass is 420 g/mol. The second-order valence-corrected chi connectivity index (χ2v) is 6.74. The number of nitrogens with one attached hydrogen (secondary N) is 2. The Hall–Kier alpha value is -2.54. The van der Waals surface area contributed by atoms with Gasteiger partial charge in [0.05, 0.1) is 0 Å². The molecule has 138 valence electrons. The molecule has 0 radical (unpaired) electrons. The summed E-state index contributed by atoms with van der Waals surface area (Å²) < 4.78 is 11.8. The van der Waals surface area contributed by atoms with E-state index in [1.54, 1.807) is 24.3 Å². The number of benzene rings is 2. The molecular weight excluding hydrogens is 400 g/mol. The van der Waals surface area contributed by atoms with Crippen molar-refractivity contribution in [3.8, 4) is 11.5 Å². The van der Waals surface area contributed by atoms with Gasteiger partial charge >= 0.3 is 0 Å². The number of hydrazine groups is 1. The number of halogens is 1. The molecule has 0 atom stereocenters. The standard InChI is InChI=1S/C19H21BrN2O4/c1-13(2)16-5-3-4-6-17(16)26-12-19(24)22-21-18(23)11-25-15-9-7-14(20)8-10-15/h3-10,13H,11-12H2,1-2H3,(H,21,23)(H,22,24). The van der Waals surface area contributed by atoms with Crippen LogP contribution < -0.4 is 20.3 Å². The quantitative estimate of drug-likeness (QED) is 0.674. The van der Waals surface area contributed by atoms with Gasteiger partial charge in [-0.25, -0.2) is 0 Å². The largest absolute Gasteiger partial charge is 0.484 e. The molecule has 2 rings (SSSR count). The van der Waals surface area contributed by atoms with Gasteiger partial charge in [0.2, 0.25) is 0 Å². The first-order valence-electron chi connectivity index (χ1n) is 8.13. The summed E-state index contributed by atoms with van der Waals surface area (Å²) in [6.07, 6.45) is 0. The van der Waals surface area contributed by atoms with Crippen molar-refractivity contribution in [2.24, 2.45) is 0 Å². The van der Waals surface area contributed by atoms with Crippen molar-refractivity contribution in [2.45, 2.75) is 19.8 Å². The minimum absolute atomic E-state index is 0.197. The lowest BCUT2D eigenvalue weighted by molar-refractivity contribution is -0.131. The highest BCUT2D eigenvalue weighted by Crippen LogP contribution is 2.25. The van der Waals surface area contributed by atoms with Crippen LogP contribution in [0, 0.1) is 0 Å². The highest BCUT2D eigenvalue weighted by Gasteiger charge is 2.10. The van der Waals surface area contributed by atoms with Gasteiger partial charge in [-0.3, -0.25) is 20.4 Å². The Morgan fingerprint density at radius 2 is 1.50 bits per heavy atom. The maximum absolute atomic E-state index is 11.8. The van der Waals surface area contributed by atoms with Gasteiger partial charge in [0.1, 0.15) is 11.5 Å². The number of ether oxygens (including phenoxy) is 2. The lowest BCUT2D eigenvalue weighted by Crippen LogP contribution is -2.45. The van der Waals surface area contributed by atoms with Crippen LogP contribution in [0.4, 0.5) is 0 Å². The zero-order valence-electron chi connectivity index (χ0n) is 14.6. The highest BCUT2D eigenvalue weighted by molar-refractivity contribution is 9.10. The number of carbonyl (C=O) groups is 2. The summed E-state index contributed by atoms with van der Waals surface area (Å²) in [5, 5.41) is 0. The third-order valence-electron chi connectivity index (χ3n) is 3.42. The molecule has 0 bridgehead atoms. The van der Waals surface area contributed by atoms with E-state index in [0.29, 0.717) is 11.5 Å². The maximum atomic E-state index is 11.8. The van der Waals surface area contributed by atoms with Gasteiger partial charge in [-0.05, 0) is 41.8 Å². The molecule has 0 aliphatic rings. The molecular formula is C19H21BrN2O4. The smallest absolute Gasteiger partial charge is 0.276 e. The molecule has 7 heteroatoms. The number of carbonyl (C=O) groups excluding carboxylic acids is 2. The molecule has 2 N–H and O–H groups in total. The van der Waals surface area contributed by atoms with Gasteiger partial charge in [-0.15, -0.1) is 0 Å². The summed E-state index contributed by atoms with van der Waals surface area (Å²) >= 11 is 3.32. The predicted octanol–water partition coefficient (Wildman–Crippen LogP) is 3.18. The molecule has 2 amide bonds. The van der Waals surface area contributed by atoms with E-state index in [-0.39, 0.29) is 19.1 Å². The molecule has 0 aromatic heterocycles. The van der Waals surface area contributed by atoms with Crippen LogP contribution in [0.1, 0.15) is 25.3 Å². The minimum Gasteiger partial charge on any atom is -0.484 e. The first-order valence-corrected chi connectivity index (χ1v) is 8.93. The molecule has 6 nitrogen and oxygen atoms in total. The highest BCUT2D eigenvalue weighted by atomic mass is 79.9. The molecule has 0 spiro atoms. The summed E-state index contributed by atoms with van der Waals surface area (Å²) in [5.74, 6) is 0.569. The summed E-state index contributed by atoms with van der Waals surface area (Å²) in [6, 6.07) is 14.6. The van der Waals surface area contributed by atoms with Crippen LogP contribution in [0.5, 0.6) is 11.5 Å². The van der Waals surface area contributed by atoms with E-state index in [0.717, 1.165) is 10.0 Å². The van der Waals surface area contributed by atoms with Crippen molar-refractivity contribution in [2.75, 3.05) is 13.2 Å². The molecule has 0 heterocycles. The minimum atomic E-state index is -0.469. The third kappa shape index (κ3) is 6.40. The SMILES string of the molecule is CC(C)c1ccccc1OCC(=O)NNC(=O)COc1ccc(Br)cc1. The first kappa shape index (κ1) is 19.8. The maximum Gasteiger partial charge on any atom is 0.276 e. The second-order valence-electron chi connectivity index (χ2n) is 5.82. The third-order valence-corrected chi connectivity index (χ3v) is 3.95. The summed E-state index contributed by atoms with van der Waals surface area (Å²) in [5.41, 5.74) is 5.60. The average molecular weight is 421 g/mol. The molecule has 2 aromatic carbocycles. The van der Waals surface area contributed by atoms with Crippen LogP contribution in [0.2, 0.25) is 0 Å². The molecule has 0 unspecified atom stereocenters. The fourth-order valence-electron chi connectivity index (χ4n) is 2.12. The lowest BCUT2D eigenvalue weighted by atomic mass is 10.0. The molecule has 0 saturated carbocycles. The van der Waals surface area contributed by atoms with E-state index >= 15 is 0 Å². The van der Waals surface area contributed by atoms with E-state index in [9.17, 15) is 9.59 Å². The lowest BCUT2D eigenvalue weighted by Gasteiger charge is -2.14. The van der Waals surface area contributed by atoms with Gasteiger partial charge in [0, 0.05) is 4.47 Å². The Balaban J connectivity index is 1.71. The van der Waals surface area contributed by atoms with Crippen molar-refractivity contribution in [1.29, 1.82) is 0 Å². The van der Waals surface area contributed by atoms with Crippen LogP contribution in [0.15, 0.2) is 53.0 Å². The fraction of sp³-hybridized carbons (Fsp3) is 0.263. The average Bonchev–Trinajstić information content (AvgIpc) is 2.64. The predicted molar refractivity (Wildman–Crippen MR) is 102 cm³/mol. The molecule has 26 heavy (non-hydrogen) atoms. The number of para-hydroxylation sites is 1. The molecule has 0 fully saturated rings. The van der Waals surface area contributed by atoms with Crippen molar-refractivity contribution in [3.63, 3.8) is 0 Å². The van der Waals surface area contributed by atoms with E-state index in [1.807, 2.05) is 38.1 Å². The molecule has 0 aliphatic carbocycles. The summed E-state index contributed by atoms with van der Waals surface area (Å²) in [7, 11) is 0.